The number of carboxylic acid groups (broad SMARTS) is 1. The average molecular weight is 286 g/mol. The smallest absolute Gasteiger partial charge is 0.329 e. The van der Waals surface area contributed by atoms with Crippen LogP contribution in [0.15, 0.2) is 36.5 Å². The Hall–Kier alpha value is -2.30. The number of nitrogens with zero attached hydrogens (tertiary/aromatic N) is 2. The second-order valence-electron chi connectivity index (χ2n) is 5.73. The lowest BCUT2D eigenvalue weighted by Gasteiger charge is -2.31. The lowest BCUT2D eigenvalue weighted by Crippen LogP contribution is -2.51. The van der Waals surface area contributed by atoms with E-state index in [2.05, 4.69) is 0 Å². The van der Waals surface area contributed by atoms with Gasteiger partial charge >= 0.3 is 5.97 Å². The minimum absolute atomic E-state index is 0.140. The Morgan fingerprint density at radius 2 is 2.05 bits per heavy atom. The maximum atomic E-state index is 12.5. The zero-order valence-electron chi connectivity index (χ0n) is 12.0. The van der Waals surface area contributed by atoms with E-state index in [1.165, 1.54) is 4.90 Å². The number of aromatic nitrogens is 1. The molecule has 1 aliphatic rings. The van der Waals surface area contributed by atoms with Gasteiger partial charge in [-0.25, -0.2) is 4.79 Å². The molecule has 1 aromatic heterocycles. The summed E-state index contributed by atoms with van der Waals surface area (Å²) < 4.78 is 1.87. The first-order valence-corrected chi connectivity index (χ1v) is 7.10. The van der Waals surface area contributed by atoms with E-state index in [0.717, 1.165) is 17.3 Å². The maximum absolute atomic E-state index is 12.5. The number of carbonyl (C=O) groups is 2. The van der Waals surface area contributed by atoms with Crippen LogP contribution in [0.25, 0.3) is 10.9 Å². The fourth-order valence-electron chi connectivity index (χ4n) is 3.09. The number of aliphatic carboxylic acids is 1. The molecule has 2 aromatic rings. The molecule has 1 unspecified atom stereocenters. The van der Waals surface area contributed by atoms with E-state index >= 15 is 0 Å². The Kier molecular flexibility index (Phi) is 3.20. The molecule has 110 valence electrons. The third-order valence-electron chi connectivity index (χ3n) is 4.39. The van der Waals surface area contributed by atoms with Gasteiger partial charge in [0.1, 0.15) is 12.1 Å². The highest BCUT2D eigenvalue weighted by Gasteiger charge is 2.45. The number of carboxylic acids is 1. The molecule has 2 heterocycles. The second kappa shape index (κ2) is 4.91. The van der Waals surface area contributed by atoms with E-state index in [4.69, 9.17) is 0 Å². The lowest BCUT2D eigenvalue weighted by atomic mass is 9.99. The Bertz CT molecular complexity index is 706. The highest BCUT2D eigenvalue weighted by Crippen LogP contribution is 2.29. The van der Waals surface area contributed by atoms with Crippen LogP contribution in [-0.2, 0) is 16.1 Å². The van der Waals surface area contributed by atoms with Crippen LogP contribution in [0.3, 0.4) is 0 Å². The third kappa shape index (κ3) is 2.18. The molecule has 0 saturated carbocycles. The van der Waals surface area contributed by atoms with Gasteiger partial charge in [-0.1, -0.05) is 18.2 Å². The van der Waals surface area contributed by atoms with Gasteiger partial charge in [0.15, 0.2) is 0 Å². The minimum atomic E-state index is -1.07. The van der Waals surface area contributed by atoms with Crippen molar-refractivity contribution in [3.8, 4) is 0 Å². The summed E-state index contributed by atoms with van der Waals surface area (Å²) in [6.07, 6.45) is 3.12. The van der Waals surface area contributed by atoms with Crippen LogP contribution in [-0.4, -0.2) is 38.5 Å². The zero-order valence-corrected chi connectivity index (χ0v) is 12.0. The van der Waals surface area contributed by atoms with Crippen molar-refractivity contribution in [1.29, 1.82) is 0 Å². The quantitative estimate of drug-likeness (QED) is 0.940. The Morgan fingerprint density at radius 3 is 2.81 bits per heavy atom. The summed E-state index contributed by atoms with van der Waals surface area (Å²) in [4.78, 5) is 25.5. The molecular weight excluding hydrogens is 268 g/mol. The highest BCUT2D eigenvalue weighted by molar-refractivity contribution is 5.88. The zero-order chi connectivity index (χ0) is 15.0. The Morgan fingerprint density at radius 1 is 1.29 bits per heavy atom. The SMILES string of the molecule is CC1(C(=O)O)CCCN1C(=O)Cn1ccc2ccccc21. The van der Waals surface area contributed by atoms with Crippen molar-refractivity contribution in [2.24, 2.45) is 0 Å². The molecule has 1 saturated heterocycles. The van der Waals surface area contributed by atoms with Crippen molar-refractivity contribution < 1.29 is 14.7 Å². The topological polar surface area (TPSA) is 62.5 Å². The normalized spacial score (nSPS) is 21.9. The van der Waals surface area contributed by atoms with Crippen molar-refractivity contribution >= 4 is 22.8 Å². The number of hydrogen-bond donors (Lipinski definition) is 1. The van der Waals surface area contributed by atoms with Crippen molar-refractivity contribution in [1.82, 2.24) is 9.47 Å². The minimum Gasteiger partial charge on any atom is -0.480 e. The summed E-state index contributed by atoms with van der Waals surface area (Å²) in [5, 5.41) is 10.5. The first-order chi connectivity index (χ1) is 10.0. The van der Waals surface area contributed by atoms with Crippen molar-refractivity contribution in [2.75, 3.05) is 6.54 Å². The standard InChI is InChI=1S/C16H18N2O3/c1-16(15(20)21)8-4-9-18(16)14(19)11-17-10-7-12-5-2-3-6-13(12)17/h2-3,5-7,10H,4,8-9,11H2,1H3,(H,20,21). The molecule has 1 fully saturated rings. The monoisotopic (exact) mass is 286 g/mol. The van der Waals surface area contributed by atoms with Gasteiger partial charge < -0.3 is 14.6 Å². The van der Waals surface area contributed by atoms with Gasteiger partial charge in [0.2, 0.25) is 5.91 Å². The highest BCUT2D eigenvalue weighted by atomic mass is 16.4. The number of hydrogen-bond acceptors (Lipinski definition) is 2. The molecule has 1 amide bonds. The van der Waals surface area contributed by atoms with Crippen LogP contribution >= 0.6 is 0 Å². The first kappa shape index (κ1) is 13.7. The van der Waals surface area contributed by atoms with Gasteiger partial charge in [-0.3, -0.25) is 4.79 Å². The van der Waals surface area contributed by atoms with Crippen molar-refractivity contribution in [3.05, 3.63) is 36.5 Å². The molecule has 21 heavy (non-hydrogen) atoms. The van der Waals surface area contributed by atoms with Crippen molar-refractivity contribution in [3.63, 3.8) is 0 Å². The van der Waals surface area contributed by atoms with E-state index in [1.54, 1.807) is 6.92 Å². The Labute approximate surface area is 122 Å². The predicted octanol–water partition coefficient (Wildman–Crippen LogP) is 2.11. The number of rotatable bonds is 3. The summed E-state index contributed by atoms with van der Waals surface area (Å²) in [6.45, 7) is 2.32. The molecule has 1 atom stereocenters. The molecule has 0 spiro atoms. The van der Waals surface area contributed by atoms with Crippen LogP contribution in [0.2, 0.25) is 0 Å². The maximum Gasteiger partial charge on any atom is 0.329 e. The van der Waals surface area contributed by atoms with Crippen LogP contribution in [0.1, 0.15) is 19.8 Å². The number of fused-ring (bicyclic) bond motifs is 1. The molecule has 1 aliphatic heterocycles. The first-order valence-electron chi connectivity index (χ1n) is 7.10. The molecule has 1 aromatic carbocycles. The second-order valence-corrected chi connectivity index (χ2v) is 5.73. The van der Waals surface area contributed by atoms with Crippen LogP contribution in [0, 0.1) is 0 Å². The molecule has 5 heteroatoms. The number of likely N-dealkylation sites (tertiary alicyclic amines) is 1. The third-order valence-corrected chi connectivity index (χ3v) is 4.39. The summed E-state index contributed by atoms with van der Waals surface area (Å²) in [5.74, 6) is -1.07. The van der Waals surface area contributed by atoms with Crippen molar-refractivity contribution in [2.45, 2.75) is 31.8 Å². The van der Waals surface area contributed by atoms with Crippen LogP contribution in [0.5, 0.6) is 0 Å². The van der Waals surface area contributed by atoms with Gasteiger partial charge in [0.25, 0.3) is 0 Å². The van der Waals surface area contributed by atoms with Gasteiger partial charge in [-0.2, -0.15) is 0 Å². The molecule has 0 aliphatic carbocycles. The Balaban J connectivity index is 1.85. The van der Waals surface area contributed by atoms with Gasteiger partial charge in [-0.15, -0.1) is 0 Å². The number of benzene rings is 1. The molecule has 5 nitrogen and oxygen atoms in total. The fraction of sp³-hybridized carbons (Fsp3) is 0.375. The average Bonchev–Trinajstić information content (AvgIpc) is 3.04. The molecular formula is C16H18N2O3. The van der Waals surface area contributed by atoms with E-state index < -0.39 is 11.5 Å². The predicted molar refractivity (Wildman–Crippen MR) is 78.9 cm³/mol. The molecule has 1 N–H and O–H groups in total. The fourth-order valence-corrected chi connectivity index (χ4v) is 3.09. The summed E-state index contributed by atoms with van der Waals surface area (Å²) in [6, 6.07) is 9.80. The molecule has 0 radical (unpaired) electrons. The molecule has 3 rings (SSSR count). The van der Waals surface area contributed by atoms with E-state index in [1.807, 2.05) is 41.1 Å². The molecule has 0 bridgehead atoms. The van der Waals surface area contributed by atoms with E-state index in [9.17, 15) is 14.7 Å². The lowest BCUT2D eigenvalue weighted by molar-refractivity contribution is -0.155. The van der Waals surface area contributed by atoms with E-state index in [-0.39, 0.29) is 12.5 Å². The van der Waals surface area contributed by atoms with Gasteiger partial charge in [-0.05, 0) is 37.3 Å². The summed E-state index contributed by atoms with van der Waals surface area (Å²) in [5.41, 5.74) is -0.0814. The number of para-hydroxylation sites is 1. The summed E-state index contributed by atoms with van der Waals surface area (Å²) in [7, 11) is 0. The number of carbonyl (C=O) groups excluding carboxylic acids is 1. The van der Waals surface area contributed by atoms with Crippen LogP contribution in [0.4, 0.5) is 0 Å². The number of amides is 1. The van der Waals surface area contributed by atoms with Crippen LogP contribution < -0.4 is 0 Å². The van der Waals surface area contributed by atoms with Gasteiger partial charge in [0, 0.05) is 18.3 Å². The van der Waals surface area contributed by atoms with E-state index in [0.29, 0.717) is 13.0 Å². The largest absolute Gasteiger partial charge is 0.480 e. The summed E-state index contributed by atoms with van der Waals surface area (Å²) >= 11 is 0. The van der Waals surface area contributed by atoms with Gasteiger partial charge in [0.05, 0.1) is 0 Å².